The molecule has 3 unspecified atom stereocenters. The molecule has 0 aliphatic carbocycles. The van der Waals surface area contributed by atoms with E-state index in [4.69, 9.17) is 9.05 Å². The van der Waals surface area contributed by atoms with Gasteiger partial charge in [0.1, 0.15) is 13.2 Å². The first-order chi connectivity index (χ1) is 26.0. The highest BCUT2D eigenvalue weighted by atomic mass is 31.2. The van der Waals surface area contributed by atoms with Crippen molar-refractivity contribution in [3.05, 3.63) is 36.5 Å². The summed E-state index contributed by atoms with van der Waals surface area (Å²) in [4.78, 5) is 22.9. The molecule has 3 atom stereocenters. The maximum absolute atomic E-state index is 12.8. The van der Waals surface area contributed by atoms with Gasteiger partial charge in [0.25, 0.3) is 0 Å². The summed E-state index contributed by atoms with van der Waals surface area (Å²) >= 11 is 0. The molecule has 0 aliphatic rings. The van der Waals surface area contributed by atoms with Gasteiger partial charge < -0.3 is 19.8 Å². The van der Waals surface area contributed by atoms with Crippen molar-refractivity contribution in [3.63, 3.8) is 0 Å². The van der Waals surface area contributed by atoms with E-state index in [2.05, 4.69) is 43.5 Å². The van der Waals surface area contributed by atoms with Crippen molar-refractivity contribution in [1.82, 2.24) is 5.32 Å². The lowest BCUT2D eigenvalue weighted by atomic mass is 10.0. The summed E-state index contributed by atoms with van der Waals surface area (Å²) in [5.41, 5.74) is 0. The van der Waals surface area contributed by atoms with Crippen molar-refractivity contribution in [2.45, 2.75) is 206 Å². The maximum atomic E-state index is 12.8. The van der Waals surface area contributed by atoms with E-state index in [1.54, 1.807) is 6.08 Å². The molecule has 0 rings (SSSR count). The zero-order chi connectivity index (χ0) is 40.0. The van der Waals surface area contributed by atoms with E-state index in [9.17, 15) is 19.4 Å². The number of allylic oxidation sites excluding steroid dienone is 5. The lowest BCUT2D eigenvalue weighted by Gasteiger charge is -2.25. The molecule has 0 aliphatic heterocycles. The van der Waals surface area contributed by atoms with Crippen LogP contribution in [0.2, 0.25) is 0 Å². The fraction of sp³-hybridized carbons (Fsp3) is 0.844. The van der Waals surface area contributed by atoms with Gasteiger partial charge >= 0.3 is 7.82 Å². The van der Waals surface area contributed by atoms with Crippen LogP contribution in [-0.2, 0) is 18.4 Å². The summed E-state index contributed by atoms with van der Waals surface area (Å²) in [5.74, 6) is -0.185. The van der Waals surface area contributed by atoms with Crippen LogP contribution in [0.1, 0.15) is 194 Å². The molecule has 0 heterocycles. The highest BCUT2D eigenvalue weighted by Gasteiger charge is 2.27. The number of unbranched alkanes of at least 4 members (excludes halogenated alkanes) is 23. The van der Waals surface area contributed by atoms with Gasteiger partial charge in [0.2, 0.25) is 5.91 Å². The standard InChI is InChI=1S/C45H87N2O6P/c1-6-8-10-12-13-14-15-16-17-18-19-20-21-22-23-24-25-26-27-28-29-30-31-32-33-35-37-39-45(49)46-43(44(48)38-36-34-11-9-7-2)42-53-54(50,51)52-41-40-47(3,4)5/h15-16,18-19,36,38,43-44,48H,6-14,17,20-35,37,39-42H2,1-5H3,(H-,46,49,50,51)/p+1/b16-15-,19-18-,38-36+. The van der Waals surface area contributed by atoms with Gasteiger partial charge in [-0.1, -0.05) is 172 Å². The van der Waals surface area contributed by atoms with Gasteiger partial charge in [-0.2, -0.15) is 0 Å². The van der Waals surface area contributed by atoms with E-state index in [1.807, 2.05) is 27.2 Å². The van der Waals surface area contributed by atoms with Crippen LogP contribution in [0.15, 0.2) is 36.5 Å². The Balaban J connectivity index is 3.95. The predicted octanol–water partition coefficient (Wildman–Crippen LogP) is 12.3. The van der Waals surface area contributed by atoms with Crippen LogP contribution in [0, 0.1) is 0 Å². The Morgan fingerprint density at radius 2 is 1.06 bits per heavy atom. The Hall–Kier alpha value is -1.28. The third kappa shape index (κ3) is 39.0. The van der Waals surface area contributed by atoms with E-state index in [0.717, 1.165) is 51.4 Å². The van der Waals surface area contributed by atoms with Crippen molar-refractivity contribution in [2.75, 3.05) is 40.9 Å². The monoisotopic (exact) mass is 784 g/mol. The number of nitrogens with one attached hydrogen (secondary N) is 1. The number of aliphatic hydroxyl groups excluding tert-OH is 1. The number of hydrogen-bond donors (Lipinski definition) is 3. The third-order valence-electron chi connectivity index (χ3n) is 9.85. The average molecular weight is 784 g/mol. The van der Waals surface area contributed by atoms with E-state index in [1.165, 1.54) is 122 Å². The highest BCUT2D eigenvalue weighted by molar-refractivity contribution is 7.47. The van der Waals surface area contributed by atoms with Crippen LogP contribution < -0.4 is 5.32 Å². The van der Waals surface area contributed by atoms with E-state index in [0.29, 0.717) is 17.4 Å². The van der Waals surface area contributed by atoms with Gasteiger partial charge in [-0.3, -0.25) is 13.8 Å². The molecule has 0 bridgehead atoms. The van der Waals surface area contributed by atoms with E-state index < -0.39 is 20.0 Å². The molecule has 0 saturated heterocycles. The molecular formula is C45H88N2O6P+. The zero-order valence-corrected chi connectivity index (χ0v) is 36.9. The van der Waals surface area contributed by atoms with Gasteiger partial charge in [0, 0.05) is 6.42 Å². The Morgan fingerprint density at radius 1 is 0.630 bits per heavy atom. The quantitative estimate of drug-likeness (QED) is 0.0247. The smallest absolute Gasteiger partial charge is 0.387 e. The molecule has 8 nitrogen and oxygen atoms in total. The summed E-state index contributed by atoms with van der Waals surface area (Å²) in [6.07, 6.45) is 45.6. The van der Waals surface area contributed by atoms with Crippen molar-refractivity contribution in [3.8, 4) is 0 Å². The number of hydrogen-bond acceptors (Lipinski definition) is 5. The summed E-state index contributed by atoms with van der Waals surface area (Å²) < 4.78 is 23.3. The second-order valence-corrected chi connectivity index (χ2v) is 17.9. The van der Waals surface area contributed by atoms with Crippen LogP contribution in [-0.4, -0.2) is 73.4 Å². The summed E-state index contributed by atoms with van der Waals surface area (Å²) in [6.45, 7) is 4.69. The first kappa shape index (κ1) is 52.7. The predicted molar refractivity (Wildman–Crippen MR) is 231 cm³/mol. The van der Waals surface area contributed by atoms with Crippen molar-refractivity contribution in [1.29, 1.82) is 0 Å². The minimum absolute atomic E-state index is 0.0607. The second-order valence-electron chi connectivity index (χ2n) is 16.4. The number of rotatable bonds is 40. The number of carbonyl (C=O) groups is 1. The molecule has 9 heteroatoms. The van der Waals surface area contributed by atoms with Crippen LogP contribution in [0.5, 0.6) is 0 Å². The minimum Gasteiger partial charge on any atom is -0.387 e. The minimum atomic E-state index is -4.32. The molecule has 1 amide bonds. The molecule has 0 aromatic rings. The average Bonchev–Trinajstić information content (AvgIpc) is 3.12. The van der Waals surface area contributed by atoms with Gasteiger partial charge in [-0.15, -0.1) is 0 Å². The molecule has 0 saturated carbocycles. The molecule has 3 N–H and O–H groups in total. The lowest BCUT2D eigenvalue weighted by Crippen LogP contribution is -2.45. The SMILES string of the molecule is CCCCC/C=C/C(O)C(COP(=O)(O)OCC[N+](C)(C)C)NC(=O)CCCCCCCCCCCCCCCCC/C=C\C/C=C\CCCCCCC. The normalized spacial score (nSPS) is 14.7. The van der Waals surface area contributed by atoms with Gasteiger partial charge in [0.15, 0.2) is 0 Å². The molecule has 0 fully saturated rings. The lowest BCUT2D eigenvalue weighted by molar-refractivity contribution is -0.870. The molecule has 0 aromatic heterocycles. The molecule has 0 aromatic carbocycles. The first-order valence-electron chi connectivity index (χ1n) is 22.4. The van der Waals surface area contributed by atoms with Gasteiger partial charge in [-0.05, 0) is 51.4 Å². The number of aliphatic hydroxyl groups is 1. The number of amides is 1. The first-order valence-corrected chi connectivity index (χ1v) is 23.9. The Morgan fingerprint density at radius 3 is 1.56 bits per heavy atom. The molecular weight excluding hydrogens is 695 g/mol. The second kappa shape index (κ2) is 37.3. The topological polar surface area (TPSA) is 105 Å². The third-order valence-corrected chi connectivity index (χ3v) is 10.8. The van der Waals surface area contributed by atoms with Crippen molar-refractivity contribution < 1.29 is 32.9 Å². The molecule has 0 spiro atoms. The fourth-order valence-corrected chi connectivity index (χ4v) is 6.98. The van der Waals surface area contributed by atoms with E-state index in [-0.39, 0.29) is 19.1 Å². The number of carbonyl (C=O) groups excluding carboxylic acids is 1. The molecule has 0 radical (unpaired) electrons. The van der Waals surface area contributed by atoms with Crippen molar-refractivity contribution in [2.24, 2.45) is 0 Å². The maximum Gasteiger partial charge on any atom is 0.472 e. The Kier molecular flexibility index (Phi) is 36.4. The Bertz CT molecular complexity index is 980. The van der Waals surface area contributed by atoms with Crippen LogP contribution in [0.3, 0.4) is 0 Å². The van der Waals surface area contributed by atoms with E-state index >= 15 is 0 Å². The summed E-state index contributed by atoms with van der Waals surface area (Å²) in [7, 11) is 1.57. The van der Waals surface area contributed by atoms with Gasteiger partial charge in [-0.25, -0.2) is 4.57 Å². The number of phosphoric acid groups is 1. The molecule has 54 heavy (non-hydrogen) atoms. The van der Waals surface area contributed by atoms with Crippen molar-refractivity contribution >= 4 is 13.7 Å². The van der Waals surface area contributed by atoms with Crippen LogP contribution >= 0.6 is 7.82 Å². The Labute approximate surface area is 334 Å². The fourth-order valence-electron chi connectivity index (χ4n) is 6.25. The largest absolute Gasteiger partial charge is 0.472 e. The summed E-state index contributed by atoms with van der Waals surface area (Å²) in [6, 6.07) is -0.841. The highest BCUT2D eigenvalue weighted by Crippen LogP contribution is 2.43. The number of quaternary nitrogens is 1. The molecule has 318 valence electrons. The summed E-state index contributed by atoms with van der Waals surface area (Å²) in [5, 5.41) is 13.6. The zero-order valence-electron chi connectivity index (χ0n) is 36.0. The number of nitrogens with zero attached hydrogens (tertiary/aromatic N) is 1. The number of likely N-dealkylation sites (N-methyl/N-ethyl adjacent to an activating group) is 1. The number of phosphoric ester groups is 1. The van der Waals surface area contributed by atoms with Crippen LogP contribution in [0.25, 0.3) is 0 Å². The van der Waals surface area contributed by atoms with Crippen LogP contribution in [0.4, 0.5) is 0 Å². The van der Waals surface area contributed by atoms with Gasteiger partial charge in [0.05, 0.1) is 39.9 Å².